The van der Waals surface area contributed by atoms with Gasteiger partial charge < -0.3 is 0 Å². The molecule has 0 spiro atoms. The Kier molecular flexibility index (Phi) is 5.34. The first kappa shape index (κ1) is 12.5. The van der Waals surface area contributed by atoms with E-state index in [0.717, 1.165) is 12.1 Å². The summed E-state index contributed by atoms with van der Waals surface area (Å²) in [5, 5.41) is 4.18. The van der Waals surface area contributed by atoms with Crippen LogP contribution in [0.4, 0.5) is 0 Å². The summed E-state index contributed by atoms with van der Waals surface area (Å²) in [4.78, 5) is 0. The molecule has 0 aliphatic heterocycles. The van der Waals surface area contributed by atoms with Crippen LogP contribution < -0.4 is 0 Å². The highest BCUT2D eigenvalue weighted by atomic mass is 15.3. The van der Waals surface area contributed by atoms with Crippen LogP contribution in [-0.4, -0.2) is 9.78 Å². The molecule has 1 aromatic carbocycles. The van der Waals surface area contributed by atoms with Gasteiger partial charge in [-0.15, -0.1) is 0 Å². The molecule has 2 rings (SSSR count). The molecule has 0 bridgehead atoms. The third kappa shape index (κ3) is 3.54. The monoisotopic (exact) mass is 216 g/mol. The zero-order valence-electron chi connectivity index (χ0n) is 10.4. The largest absolute Gasteiger partial charge is 0.241 e. The van der Waals surface area contributed by atoms with E-state index in [2.05, 4.69) is 50.1 Å². The topological polar surface area (TPSA) is 17.8 Å². The average Bonchev–Trinajstić information content (AvgIpc) is 2.84. The summed E-state index contributed by atoms with van der Waals surface area (Å²) in [5.74, 6) is 0. The van der Waals surface area contributed by atoms with Gasteiger partial charge in [0.15, 0.2) is 0 Å². The lowest BCUT2D eigenvalue weighted by Crippen LogP contribution is -1.94. The molecule has 0 amide bonds. The Balaban J connectivity index is 0.000000386. The Morgan fingerprint density at radius 3 is 2.44 bits per heavy atom. The fourth-order valence-corrected chi connectivity index (χ4v) is 1.34. The molecule has 1 aromatic heterocycles. The van der Waals surface area contributed by atoms with Gasteiger partial charge in [-0.3, -0.25) is 0 Å². The zero-order chi connectivity index (χ0) is 11.8. The van der Waals surface area contributed by atoms with Crippen molar-refractivity contribution in [1.82, 2.24) is 9.78 Å². The van der Waals surface area contributed by atoms with Crippen LogP contribution in [0.15, 0.2) is 42.7 Å². The van der Waals surface area contributed by atoms with Gasteiger partial charge in [0.2, 0.25) is 0 Å². The van der Waals surface area contributed by atoms with Crippen LogP contribution in [-0.2, 0) is 6.42 Å². The Hall–Kier alpha value is -1.57. The minimum Gasteiger partial charge on any atom is -0.241 e. The molecule has 0 N–H and O–H groups in total. The van der Waals surface area contributed by atoms with Crippen LogP contribution >= 0.6 is 0 Å². The third-order valence-electron chi connectivity index (χ3n) is 2.09. The summed E-state index contributed by atoms with van der Waals surface area (Å²) in [6, 6.07) is 10.3. The van der Waals surface area contributed by atoms with Crippen molar-refractivity contribution in [3.05, 3.63) is 48.3 Å². The number of hydrogen-bond donors (Lipinski definition) is 0. The molecule has 0 atom stereocenters. The van der Waals surface area contributed by atoms with E-state index in [0.29, 0.717) is 0 Å². The third-order valence-corrected chi connectivity index (χ3v) is 2.09. The van der Waals surface area contributed by atoms with Crippen LogP contribution in [0.3, 0.4) is 0 Å². The molecule has 0 aliphatic rings. The molecule has 86 valence electrons. The first-order valence-electron chi connectivity index (χ1n) is 5.90. The van der Waals surface area contributed by atoms with E-state index in [1.54, 1.807) is 6.20 Å². The molecule has 2 nitrogen and oxygen atoms in total. The number of rotatable bonds is 2. The minimum atomic E-state index is 1.06. The van der Waals surface area contributed by atoms with Crippen LogP contribution in [0, 0.1) is 0 Å². The van der Waals surface area contributed by atoms with Gasteiger partial charge in [-0.2, -0.15) is 5.10 Å². The molecule has 0 aliphatic carbocycles. The number of nitrogens with zero attached hydrogens (tertiary/aromatic N) is 2. The van der Waals surface area contributed by atoms with Crippen molar-refractivity contribution < 1.29 is 0 Å². The second-order valence-electron chi connectivity index (χ2n) is 3.68. The number of benzene rings is 1. The van der Waals surface area contributed by atoms with Gasteiger partial charge >= 0.3 is 0 Å². The Morgan fingerprint density at radius 1 is 1.12 bits per heavy atom. The van der Waals surface area contributed by atoms with Gasteiger partial charge in [0, 0.05) is 12.4 Å². The molecule has 16 heavy (non-hydrogen) atoms. The predicted molar refractivity (Wildman–Crippen MR) is 68.9 cm³/mol. The summed E-state index contributed by atoms with van der Waals surface area (Å²) in [6.45, 7) is 6.40. The van der Waals surface area contributed by atoms with Crippen molar-refractivity contribution in [2.24, 2.45) is 0 Å². The second kappa shape index (κ2) is 6.83. The summed E-state index contributed by atoms with van der Waals surface area (Å²) in [7, 11) is 0. The fraction of sp³-hybridized carbons (Fsp3) is 0.357. The molecule has 2 aromatic rings. The van der Waals surface area contributed by atoms with Crippen LogP contribution in [0.2, 0.25) is 0 Å². The summed E-state index contributed by atoms with van der Waals surface area (Å²) in [5.41, 5.74) is 2.47. The lowest BCUT2D eigenvalue weighted by atomic mass is 10.1. The average molecular weight is 216 g/mol. The van der Waals surface area contributed by atoms with Gasteiger partial charge in [-0.1, -0.05) is 39.3 Å². The molecule has 2 heteroatoms. The smallest absolute Gasteiger partial charge is 0.0648 e. The highest BCUT2D eigenvalue weighted by Crippen LogP contribution is 2.09. The van der Waals surface area contributed by atoms with Crippen molar-refractivity contribution in [3.63, 3.8) is 0 Å². The van der Waals surface area contributed by atoms with Crippen molar-refractivity contribution in [1.29, 1.82) is 0 Å². The normalized spacial score (nSPS) is 9.44. The maximum absolute atomic E-state index is 4.18. The lowest BCUT2D eigenvalue weighted by Gasteiger charge is -2.02. The van der Waals surface area contributed by atoms with Crippen LogP contribution in [0.5, 0.6) is 0 Å². The second-order valence-corrected chi connectivity index (χ2v) is 3.68. The highest BCUT2D eigenvalue weighted by molar-refractivity contribution is 5.34. The van der Waals surface area contributed by atoms with E-state index in [4.69, 9.17) is 0 Å². The van der Waals surface area contributed by atoms with E-state index in [-0.39, 0.29) is 0 Å². The standard InChI is InChI=1S/C11H12N2.C3H8/c1-2-10-5-3-6-11(9-10)13-8-4-7-12-13;1-3-2/h3-9H,2H2,1H3;3H2,1-2H3. The molecule has 0 fully saturated rings. The number of aryl methyl sites for hydroxylation is 1. The van der Waals surface area contributed by atoms with Crippen molar-refractivity contribution in [2.45, 2.75) is 33.6 Å². The van der Waals surface area contributed by atoms with Gasteiger partial charge in [0.05, 0.1) is 5.69 Å². The molecule has 0 unspecified atom stereocenters. The predicted octanol–water partition coefficient (Wildman–Crippen LogP) is 3.85. The van der Waals surface area contributed by atoms with E-state index in [1.165, 1.54) is 12.0 Å². The van der Waals surface area contributed by atoms with E-state index in [9.17, 15) is 0 Å². The molecular formula is C14H20N2. The van der Waals surface area contributed by atoms with E-state index >= 15 is 0 Å². The molecule has 0 radical (unpaired) electrons. The van der Waals surface area contributed by atoms with Crippen LogP contribution in [0.1, 0.15) is 32.8 Å². The Labute approximate surface area is 97.9 Å². The Bertz CT molecular complexity index is 391. The first-order chi connectivity index (χ1) is 7.81. The molecular weight excluding hydrogens is 196 g/mol. The van der Waals surface area contributed by atoms with Crippen LogP contribution in [0.25, 0.3) is 5.69 Å². The quantitative estimate of drug-likeness (QED) is 0.745. The first-order valence-corrected chi connectivity index (χ1v) is 5.90. The highest BCUT2D eigenvalue weighted by Gasteiger charge is 1.95. The summed E-state index contributed by atoms with van der Waals surface area (Å²) < 4.78 is 1.87. The number of hydrogen-bond acceptors (Lipinski definition) is 1. The minimum absolute atomic E-state index is 1.06. The lowest BCUT2D eigenvalue weighted by molar-refractivity contribution is 0.877. The molecule has 0 saturated heterocycles. The Morgan fingerprint density at radius 2 is 1.88 bits per heavy atom. The maximum atomic E-state index is 4.18. The van der Waals surface area contributed by atoms with E-state index < -0.39 is 0 Å². The zero-order valence-corrected chi connectivity index (χ0v) is 10.4. The molecule has 1 heterocycles. The summed E-state index contributed by atoms with van der Waals surface area (Å²) in [6.07, 6.45) is 6.06. The van der Waals surface area contributed by atoms with Crippen molar-refractivity contribution in [3.8, 4) is 5.69 Å². The maximum Gasteiger partial charge on any atom is 0.0648 e. The van der Waals surface area contributed by atoms with E-state index in [1.807, 2.05) is 16.9 Å². The molecule has 0 saturated carbocycles. The number of aromatic nitrogens is 2. The van der Waals surface area contributed by atoms with Crippen molar-refractivity contribution >= 4 is 0 Å². The van der Waals surface area contributed by atoms with Gasteiger partial charge in [0.25, 0.3) is 0 Å². The SMILES string of the molecule is CCC.CCc1cccc(-n2cccn2)c1. The van der Waals surface area contributed by atoms with Gasteiger partial charge in [0.1, 0.15) is 0 Å². The van der Waals surface area contributed by atoms with Gasteiger partial charge in [-0.05, 0) is 30.2 Å². The van der Waals surface area contributed by atoms with Crippen molar-refractivity contribution in [2.75, 3.05) is 0 Å². The van der Waals surface area contributed by atoms with Gasteiger partial charge in [-0.25, -0.2) is 4.68 Å². The fourth-order valence-electron chi connectivity index (χ4n) is 1.34. The summed E-state index contributed by atoms with van der Waals surface area (Å²) >= 11 is 0.